The van der Waals surface area contributed by atoms with Gasteiger partial charge in [-0.2, -0.15) is 17.2 Å². The quantitative estimate of drug-likeness (QED) is 0.700. The number of alkyl halides is 2. The predicted octanol–water partition coefficient (Wildman–Crippen LogP) is 1.44. The molecule has 0 aromatic heterocycles. The van der Waals surface area contributed by atoms with Gasteiger partial charge in [-0.15, -0.1) is 0 Å². The molecule has 0 saturated carbocycles. The standard InChI is InChI=1S/C8H10F2O4S/c1-5-2-6(11)4-7(3-5)14-15(12,13)8(9)10/h4-5,8H,2-3H2,1H3. The van der Waals surface area contributed by atoms with Crippen LogP contribution in [0.4, 0.5) is 8.78 Å². The molecule has 1 atom stereocenters. The summed E-state index contributed by atoms with van der Waals surface area (Å²) in [5, 5.41) is 0. The Morgan fingerprint density at radius 2 is 2.07 bits per heavy atom. The lowest BCUT2D eigenvalue weighted by molar-refractivity contribution is -0.116. The average Bonchev–Trinajstić information content (AvgIpc) is 1.99. The summed E-state index contributed by atoms with van der Waals surface area (Å²) in [6, 6.07) is 0. The molecule has 0 fully saturated rings. The van der Waals surface area contributed by atoms with E-state index in [2.05, 4.69) is 4.18 Å². The fourth-order valence-corrected chi connectivity index (χ4v) is 1.79. The van der Waals surface area contributed by atoms with Crippen molar-refractivity contribution in [1.29, 1.82) is 0 Å². The molecule has 0 spiro atoms. The SMILES string of the molecule is CC1CC(=O)C=C(OS(=O)(=O)C(F)F)C1. The molecule has 0 saturated heterocycles. The number of rotatable bonds is 3. The third kappa shape index (κ3) is 3.26. The van der Waals surface area contributed by atoms with E-state index in [4.69, 9.17) is 0 Å². The van der Waals surface area contributed by atoms with Gasteiger partial charge in [-0.05, 0) is 5.92 Å². The van der Waals surface area contributed by atoms with Crippen molar-refractivity contribution in [3.05, 3.63) is 11.8 Å². The Morgan fingerprint density at radius 1 is 1.47 bits per heavy atom. The van der Waals surface area contributed by atoms with Gasteiger partial charge in [-0.25, -0.2) is 0 Å². The highest BCUT2D eigenvalue weighted by Gasteiger charge is 2.29. The topological polar surface area (TPSA) is 60.4 Å². The average molecular weight is 240 g/mol. The summed E-state index contributed by atoms with van der Waals surface area (Å²) < 4.78 is 49.4. The maximum atomic E-state index is 11.9. The van der Waals surface area contributed by atoms with Crippen molar-refractivity contribution in [2.24, 2.45) is 5.92 Å². The van der Waals surface area contributed by atoms with E-state index in [1.807, 2.05) is 0 Å². The molecular weight excluding hydrogens is 230 g/mol. The van der Waals surface area contributed by atoms with Crippen LogP contribution in [-0.4, -0.2) is 20.0 Å². The molecule has 0 aliphatic heterocycles. The van der Waals surface area contributed by atoms with Gasteiger partial charge >= 0.3 is 15.9 Å². The molecule has 0 amide bonds. The van der Waals surface area contributed by atoms with E-state index in [1.54, 1.807) is 6.92 Å². The summed E-state index contributed by atoms with van der Waals surface area (Å²) in [7, 11) is -4.90. The van der Waals surface area contributed by atoms with Crippen LogP contribution in [0.2, 0.25) is 0 Å². The Labute approximate surface area is 86.0 Å². The van der Waals surface area contributed by atoms with E-state index < -0.39 is 15.9 Å². The molecule has 15 heavy (non-hydrogen) atoms. The van der Waals surface area contributed by atoms with Gasteiger partial charge in [0.15, 0.2) is 5.78 Å². The van der Waals surface area contributed by atoms with Crippen LogP contribution in [0.1, 0.15) is 19.8 Å². The first-order valence-electron chi connectivity index (χ1n) is 4.26. The zero-order valence-electron chi connectivity index (χ0n) is 7.94. The molecule has 0 aromatic carbocycles. The van der Waals surface area contributed by atoms with Crippen molar-refractivity contribution in [1.82, 2.24) is 0 Å². The van der Waals surface area contributed by atoms with Crippen LogP contribution in [0.5, 0.6) is 0 Å². The smallest absolute Gasteiger partial charge is 0.372 e. The monoisotopic (exact) mass is 240 g/mol. The molecule has 0 heterocycles. The highest BCUT2D eigenvalue weighted by atomic mass is 32.2. The van der Waals surface area contributed by atoms with E-state index >= 15 is 0 Å². The number of allylic oxidation sites excluding steroid dienone is 2. The highest BCUT2D eigenvalue weighted by Crippen LogP contribution is 2.25. The molecule has 1 unspecified atom stereocenters. The number of halogens is 2. The Bertz CT molecular complexity index is 385. The summed E-state index contributed by atoms with van der Waals surface area (Å²) in [4.78, 5) is 11.0. The molecule has 1 aliphatic rings. The Kier molecular flexibility index (Phi) is 3.43. The van der Waals surface area contributed by atoms with Crippen LogP contribution in [0.3, 0.4) is 0 Å². The van der Waals surface area contributed by atoms with E-state index in [0.29, 0.717) is 0 Å². The Balaban J connectivity index is 2.79. The first kappa shape index (κ1) is 12.1. The first-order chi connectivity index (χ1) is 6.81. The van der Waals surface area contributed by atoms with Crippen molar-refractivity contribution in [3.63, 3.8) is 0 Å². The van der Waals surface area contributed by atoms with E-state index in [-0.39, 0.29) is 30.3 Å². The minimum Gasteiger partial charge on any atom is -0.383 e. The molecule has 1 aliphatic carbocycles. The van der Waals surface area contributed by atoms with E-state index in [9.17, 15) is 22.0 Å². The van der Waals surface area contributed by atoms with Crippen LogP contribution in [0.25, 0.3) is 0 Å². The summed E-state index contributed by atoms with van der Waals surface area (Å²) >= 11 is 0. The van der Waals surface area contributed by atoms with Crippen LogP contribution in [0.15, 0.2) is 11.8 Å². The number of carbonyl (C=O) groups excluding carboxylic acids is 1. The van der Waals surface area contributed by atoms with Crippen LogP contribution in [0, 0.1) is 5.92 Å². The van der Waals surface area contributed by atoms with Crippen molar-refractivity contribution >= 4 is 15.9 Å². The second-order valence-electron chi connectivity index (χ2n) is 3.43. The van der Waals surface area contributed by atoms with Crippen molar-refractivity contribution in [2.45, 2.75) is 25.5 Å². The van der Waals surface area contributed by atoms with E-state index in [0.717, 1.165) is 6.08 Å². The predicted molar refractivity (Wildman–Crippen MR) is 47.5 cm³/mol. The van der Waals surface area contributed by atoms with Gasteiger partial charge in [0, 0.05) is 18.9 Å². The van der Waals surface area contributed by atoms with Crippen LogP contribution in [-0.2, 0) is 19.1 Å². The molecule has 0 aromatic rings. The summed E-state index contributed by atoms with van der Waals surface area (Å²) in [6.07, 6.45) is 1.42. The van der Waals surface area contributed by atoms with Gasteiger partial charge < -0.3 is 4.18 Å². The summed E-state index contributed by atoms with van der Waals surface area (Å²) in [6.45, 7) is 1.71. The molecule has 0 radical (unpaired) electrons. The van der Waals surface area contributed by atoms with Gasteiger partial charge in [0.1, 0.15) is 5.76 Å². The third-order valence-electron chi connectivity index (χ3n) is 1.86. The lowest BCUT2D eigenvalue weighted by Gasteiger charge is -2.17. The van der Waals surface area contributed by atoms with Crippen LogP contribution >= 0.6 is 0 Å². The third-order valence-corrected chi connectivity index (χ3v) is 2.75. The summed E-state index contributed by atoms with van der Waals surface area (Å²) in [5.41, 5.74) is 0. The first-order valence-corrected chi connectivity index (χ1v) is 5.73. The molecular formula is C8H10F2O4S. The zero-order valence-corrected chi connectivity index (χ0v) is 8.76. The zero-order chi connectivity index (χ0) is 11.6. The van der Waals surface area contributed by atoms with E-state index in [1.165, 1.54) is 0 Å². The molecule has 4 nitrogen and oxygen atoms in total. The lowest BCUT2D eigenvalue weighted by atomic mass is 9.94. The molecule has 7 heteroatoms. The second-order valence-corrected chi connectivity index (χ2v) is 4.94. The minimum atomic E-state index is -4.90. The molecule has 0 bridgehead atoms. The lowest BCUT2D eigenvalue weighted by Crippen LogP contribution is -2.19. The Hall–Kier alpha value is -0.980. The normalized spacial score (nSPS) is 22.8. The molecule has 1 rings (SSSR count). The Morgan fingerprint density at radius 3 is 2.53 bits per heavy atom. The minimum absolute atomic E-state index is 0.0922. The number of ketones is 1. The molecule has 0 N–H and O–H groups in total. The number of hydrogen-bond donors (Lipinski definition) is 0. The van der Waals surface area contributed by atoms with Gasteiger partial charge in [0.05, 0.1) is 0 Å². The van der Waals surface area contributed by atoms with Gasteiger partial charge in [0.2, 0.25) is 0 Å². The maximum absolute atomic E-state index is 11.9. The number of carbonyl (C=O) groups is 1. The fraction of sp³-hybridized carbons (Fsp3) is 0.625. The fourth-order valence-electron chi connectivity index (χ4n) is 1.30. The van der Waals surface area contributed by atoms with Gasteiger partial charge in [0.25, 0.3) is 0 Å². The van der Waals surface area contributed by atoms with Crippen molar-refractivity contribution in [3.8, 4) is 0 Å². The van der Waals surface area contributed by atoms with Crippen molar-refractivity contribution < 1.29 is 26.2 Å². The van der Waals surface area contributed by atoms with Crippen LogP contribution < -0.4 is 0 Å². The molecule has 86 valence electrons. The largest absolute Gasteiger partial charge is 0.383 e. The van der Waals surface area contributed by atoms with Crippen molar-refractivity contribution in [2.75, 3.05) is 0 Å². The maximum Gasteiger partial charge on any atom is 0.372 e. The van der Waals surface area contributed by atoms with Gasteiger partial charge in [-0.1, -0.05) is 6.92 Å². The highest BCUT2D eigenvalue weighted by molar-refractivity contribution is 7.87. The second kappa shape index (κ2) is 4.26. The van der Waals surface area contributed by atoms with Gasteiger partial charge in [-0.3, -0.25) is 4.79 Å². The summed E-state index contributed by atoms with van der Waals surface area (Å²) in [5.74, 6) is -4.21. The number of hydrogen-bond acceptors (Lipinski definition) is 4.